The molecule has 2 atom stereocenters. The Hall–Kier alpha value is -5.06. The second kappa shape index (κ2) is 16.0. The van der Waals surface area contributed by atoms with Crippen LogP contribution >= 0.6 is 11.6 Å². The van der Waals surface area contributed by atoms with Gasteiger partial charge in [0, 0.05) is 0 Å². The van der Waals surface area contributed by atoms with Crippen molar-refractivity contribution in [3.05, 3.63) is 119 Å². The molecular weight excluding hydrogens is 622 g/mol. The number of amides is 3. The quantitative estimate of drug-likeness (QED) is 0.143. The number of carbonyl (C=O) groups excluding carboxylic acids is 2. The number of likely N-dealkylation sites (tertiary alicyclic amines) is 1. The lowest BCUT2D eigenvalue weighted by Gasteiger charge is -2.30. The first-order valence-electron chi connectivity index (χ1n) is 15.2. The van der Waals surface area contributed by atoms with Crippen molar-refractivity contribution < 1.29 is 33.7 Å². The minimum Gasteiger partial charge on any atom is -0.495 e. The molecule has 1 saturated heterocycles. The number of hydrogen-bond acceptors (Lipinski definition) is 6. The molecule has 11 heteroatoms. The van der Waals surface area contributed by atoms with Gasteiger partial charge in [-0.1, -0.05) is 66.2 Å². The van der Waals surface area contributed by atoms with E-state index in [4.69, 9.17) is 25.8 Å². The number of anilines is 2. The van der Waals surface area contributed by atoms with Gasteiger partial charge in [0.2, 0.25) is 5.91 Å². The van der Waals surface area contributed by atoms with Crippen LogP contribution in [0.3, 0.4) is 0 Å². The molecule has 3 amide bonds. The van der Waals surface area contributed by atoms with Gasteiger partial charge in [-0.25, -0.2) is 9.59 Å². The van der Waals surface area contributed by atoms with Gasteiger partial charge in [-0.15, -0.1) is 0 Å². The average Bonchev–Trinajstić information content (AvgIpc) is 3.49. The fourth-order valence-electron chi connectivity index (χ4n) is 5.55. The van der Waals surface area contributed by atoms with E-state index < -0.39 is 12.0 Å². The van der Waals surface area contributed by atoms with E-state index in [1.807, 2.05) is 35.2 Å². The first-order valence-corrected chi connectivity index (χ1v) is 15.6. The zero-order valence-electron chi connectivity index (χ0n) is 25.9. The molecule has 10 nitrogen and oxygen atoms in total. The Labute approximate surface area is 278 Å². The fourth-order valence-corrected chi connectivity index (χ4v) is 5.73. The molecule has 4 aromatic carbocycles. The van der Waals surface area contributed by atoms with Crippen LogP contribution in [0.4, 0.5) is 16.2 Å². The maximum Gasteiger partial charge on any atom is 0.335 e. The van der Waals surface area contributed by atoms with Gasteiger partial charge in [0.25, 0.3) is 0 Å². The highest BCUT2D eigenvalue weighted by Gasteiger charge is 2.37. The summed E-state index contributed by atoms with van der Waals surface area (Å²) in [6.45, 7) is 0.993. The molecule has 0 saturated carbocycles. The van der Waals surface area contributed by atoms with Gasteiger partial charge in [-0.3, -0.25) is 4.79 Å². The van der Waals surface area contributed by atoms with Crippen molar-refractivity contribution in [3.8, 4) is 11.5 Å². The van der Waals surface area contributed by atoms with Gasteiger partial charge in [-0.05, 0) is 66.4 Å². The van der Waals surface area contributed by atoms with E-state index in [1.54, 1.807) is 54.6 Å². The van der Waals surface area contributed by atoms with Crippen LogP contribution in [0.1, 0.15) is 34.3 Å². The number of ether oxygens (including phenoxy) is 3. The number of halogens is 1. The van der Waals surface area contributed by atoms with Crippen LogP contribution in [0.2, 0.25) is 5.02 Å². The lowest BCUT2D eigenvalue weighted by Crippen LogP contribution is -2.46. The first kappa shape index (κ1) is 33.3. The maximum absolute atomic E-state index is 13.9. The number of benzene rings is 4. The lowest BCUT2D eigenvalue weighted by molar-refractivity contribution is -0.135. The molecule has 1 aliphatic rings. The molecule has 47 heavy (non-hydrogen) atoms. The number of hydrogen-bond donors (Lipinski definition) is 3. The second-order valence-electron chi connectivity index (χ2n) is 11.1. The van der Waals surface area contributed by atoms with E-state index in [0.717, 1.165) is 12.0 Å². The Bertz CT molecular complexity index is 1700. The molecule has 0 bridgehead atoms. The third-order valence-corrected chi connectivity index (χ3v) is 8.17. The summed E-state index contributed by atoms with van der Waals surface area (Å²) < 4.78 is 17.6. The second-order valence-corrected chi connectivity index (χ2v) is 11.5. The predicted molar refractivity (Wildman–Crippen MR) is 179 cm³/mol. The molecule has 1 aliphatic heterocycles. The number of carbonyl (C=O) groups is 3. The van der Waals surface area contributed by atoms with Crippen molar-refractivity contribution in [2.24, 2.45) is 0 Å². The predicted octanol–water partition coefficient (Wildman–Crippen LogP) is 6.89. The highest BCUT2D eigenvalue weighted by atomic mass is 35.5. The smallest absolute Gasteiger partial charge is 0.335 e. The van der Waals surface area contributed by atoms with Crippen LogP contribution in [-0.4, -0.2) is 60.3 Å². The lowest BCUT2D eigenvalue weighted by atomic mass is 10.1. The van der Waals surface area contributed by atoms with Gasteiger partial charge in [-0.2, -0.15) is 0 Å². The number of nitrogens with one attached hydrogen (secondary N) is 2. The number of nitrogens with zero attached hydrogens (tertiary/aromatic N) is 1. The van der Waals surface area contributed by atoms with Gasteiger partial charge in [0.15, 0.2) is 0 Å². The van der Waals surface area contributed by atoms with Crippen molar-refractivity contribution in [2.75, 3.05) is 31.0 Å². The first-order chi connectivity index (χ1) is 22.8. The molecule has 0 aromatic heterocycles. The molecule has 5 rings (SSSR count). The van der Waals surface area contributed by atoms with Crippen molar-refractivity contribution in [1.82, 2.24) is 4.90 Å². The Balaban J connectivity index is 1.27. The Morgan fingerprint density at radius 1 is 0.830 bits per heavy atom. The van der Waals surface area contributed by atoms with E-state index in [-0.39, 0.29) is 36.6 Å². The Morgan fingerprint density at radius 3 is 2.30 bits per heavy atom. The number of para-hydroxylation sites is 1. The summed E-state index contributed by atoms with van der Waals surface area (Å²) in [5.41, 5.74) is 2.77. The average molecular weight is 658 g/mol. The zero-order valence-corrected chi connectivity index (χ0v) is 26.6. The normalized spacial score (nSPS) is 15.6. The number of aromatic carboxylic acids is 1. The Morgan fingerprint density at radius 2 is 1.55 bits per heavy atom. The van der Waals surface area contributed by atoms with E-state index >= 15 is 0 Å². The number of urea groups is 1. The SMILES string of the molecule is COc1cc(CC(=O)N2C(COCc3ccccc3)CC[C@H]2COc2cccc(C(=O)O)c2)ccc1NC(=O)Nc1ccccc1Cl. The topological polar surface area (TPSA) is 126 Å². The fraction of sp³-hybridized carbons (Fsp3) is 0.250. The van der Waals surface area contributed by atoms with Crippen LogP contribution in [0.5, 0.6) is 11.5 Å². The minimum absolute atomic E-state index is 0.0860. The summed E-state index contributed by atoms with van der Waals surface area (Å²) in [5, 5.41) is 15.2. The van der Waals surface area contributed by atoms with Gasteiger partial charge >= 0.3 is 12.0 Å². The molecule has 1 unspecified atom stereocenters. The maximum atomic E-state index is 13.9. The summed E-state index contributed by atoms with van der Waals surface area (Å²) in [5.74, 6) is -0.330. The van der Waals surface area contributed by atoms with E-state index in [1.165, 1.54) is 19.2 Å². The highest BCUT2D eigenvalue weighted by Crippen LogP contribution is 2.30. The van der Waals surface area contributed by atoms with Crippen molar-refractivity contribution in [3.63, 3.8) is 0 Å². The Kier molecular flexibility index (Phi) is 11.3. The number of carboxylic acids is 1. The number of carboxylic acid groups (broad SMARTS) is 1. The summed E-state index contributed by atoms with van der Waals surface area (Å²) in [6.07, 6.45) is 1.52. The van der Waals surface area contributed by atoms with Gasteiger partial charge in [0.1, 0.15) is 18.1 Å². The molecule has 0 aliphatic carbocycles. The standard InChI is InChI=1S/C36H36ClN3O7/c1-45-33-18-25(14-17-32(33)39-36(44)38-31-13-6-5-12-30(31)37)19-34(41)40-27(22-46-21-24-8-3-2-4-9-24)15-16-28(40)23-47-29-11-7-10-26(20-29)35(42)43/h2-14,17-18,20,27-28H,15-16,19,21-23H2,1H3,(H,42,43)(H2,38,39,44)/t27?,28-/m0/s1. The van der Waals surface area contributed by atoms with Crippen LogP contribution in [0.25, 0.3) is 0 Å². The van der Waals surface area contributed by atoms with Gasteiger partial charge in [0.05, 0.1) is 60.8 Å². The van der Waals surface area contributed by atoms with Crippen LogP contribution in [0.15, 0.2) is 97.1 Å². The van der Waals surface area contributed by atoms with Crippen LogP contribution in [-0.2, 0) is 22.6 Å². The molecule has 0 radical (unpaired) electrons. The van der Waals surface area contributed by atoms with E-state index in [2.05, 4.69) is 10.6 Å². The number of methoxy groups -OCH3 is 1. The minimum atomic E-state index is -1.04. The molecular formula is C36H36ClN3O7. The summed E-state index contributed by atoms with van der Waals surface area (Å²) in [6, 6.07) is 27.3. The summed E-state index contributed by atoms with van der Waals surface area (Å²) in [4.78, 5) is 39.8. The number of rotatable bonds is 13. The monoisotopic (exact) mass is 657 g/mol. The van der Waals surface area contributed by atoms with Crippen LogP contribution in [0, 0.1) is 0 Å². The molecule has 1 fully saturated rings. The van der Waals surface area contributed by atoms with E-state index in [9.17, 15) is 19.5 Å². The van der Waals surface area contributed by atoms with Crippen molar-refractivity contribution in [2.45, 2.75) is 38.0 Å². The third kappa shape index (κ3) is 9.02. The molecule has 244 valence electrons. The van der Waals surface area contributed by atoms with Crippen LogP contribution < -0.4 is 20.1 Å². The molecule has 1 heterocycles. The zero-order chi connectivity index (χ0) is 33.2. The molecule has 4 aromatic rings. The molecule has 3 N–H and O–H groups in total. The highest BCUT2D eigenvalue weighted by molar-refractivity contribution is 6.33. The summed E-state index contributed by atoms with van der Waals surface area (Å²) in [7, 11) is 1.49. The summed E-state index contributed by atoms with van der Waals surface area (Å²) >= 11 is 6.16. The van der Waals surface area contributed by atoms with Crippen molar-refractivity contribution in [1.29, 1.82) is 0 Å². The molecule has 0 spiro atoms. The van der Waals surface area contributed by atoms with E-state index in [0.29, 0.717) is 53.1 Å². The van der Waals surface area contributed by atoms with Gasteiger partial charge < -0.3 is 34.9 Å². The third-order valence-electron chi connectivity index (χ3n) is 7.84. The van der Waals surface area contributed by atoms with Crippen molar-refractivity contribution >= 4 is 40.9 Å². The largest absolute Gasteiger partial charge is 0.495 e.